The zero-order valence-electron chi connectivity index (χ0n) is 10.3. The van der Waals surface area contributed by atoms with Crippen LogP contribution in [0.3, 0.4) is 0 Å². The van der Waals surface area contributed by atoms with Gasteiger partial charge in [-0.25, -0.2) is 17.5 Å². The molecular formula is C11H11ClFN3O2S. The lowest BCUT2D eigenvalue weighted by molar-refractivity contribution is 0.597. The predicted octanol–water partition coefficient (Wildman–Crippen LogP) is 2.03. The van der Waals surface area contributed by atoms with Gasteiger partial charge in [0.15, 0.2) is 14.9 Å². The fraction of sp³-hybridized carbons (Fsp3) is 0.273. The van der Waals surface area contributed by atoms with Gasteiger partial charge in [-0.3, -0.25) is 0 Å². The summed E-state index contributed by atoms with van der Waals surface area (Å²) in [4.78, 5) is 0. The first-order valence-electron chi connectivity index (χ1n) is 5.44. The van der Waals surface area contributed by atoms with Gasteiger partial charge < -0.3 is 0 Å². The second-order valence-electron chi connectivity index (χ2n) is 3.99. The van der Waals surface area contributed by atoms with Crippen molar-refractivity contribution in [3.05, 3.63) is 34.7 Å². The van der Waals surface area contributed by atoms with Crippen LogP contribution in [0.15, 0.2) is 23.4 Å². The third-order valence-corrected chi connectivity index (χ3v) is 3.86. The monoisotopic (exact) mass is 303 g/mol. The van der Waals surface area contributed by atoms with Gasteiger partial charge in [-0.2, -0.15) is 0 Å². The highest BCUT2D eigenvalue weighted by molar-refractivity contribution is 7.90. The SMILES string of the molecule is CCc1c(-n2cc(S(C)(=O)=O)nn2)ccc(Cl)c1F. The fourth-order valence-electron chi connectivity index (χ4n) is 1.67. The summed E-state index contributed by atoms with van der Waals surface area (Å²) in [5.41, 5.74) is 0.782. The molecule has 0 radical (unpaired) electrons. The normalized spacial score (nSPS) is 11.8. The van der Waals surface area contributed by atoms with Gasteiger partial charge in [0.25, 0.3) is 0 Å². The first kappa shape index (κ1) is 14.0. The molecule has 0 N–H and O–H groups in total. The first-order valence-corrected chi connectivity index (χ1v) is 7.71. The van der Waals surface area contributed by atoms with Gasteiger partial charge in [0, 0.05) is 11.8 Å². The minimum atomic E-state index is -3.44. The van der Waals surface area contributed by atoms with Crippen molar-refractivity contribution in [2.75, 3.05) is 6.26 Å². The minimum Gasteiger partial charge on any atom is -0.222 e. The molecule has 2 rings (SSSR count). The summed E-state index contributed by atoms with van der Waals surface area (Å²) in [5.74, 6) is -0.530. The summed E-state index contributed by atoms with van der Waals surface area (Å²) in [6.45, 7) is 1.77. The maximum Gasteiger partial charge on any atom is 0.197 e. The van der Waals surface area contributed by atoms with E-state index in [1.165, 1.54) is 16.9 Å². The zero-order valence-corrected chi connectivity index (χ0v) is 11.8. The lowest BCUT2D eigenvalue weighted by Gasteiger charge is -2.09. The molecule has 19 heavy (non-hydrogen) atoms. The molecule has 0 unspecified atom stereocenters. The highest BCUT2D eigenvalue weighted by Crippen LogP contribution is 2.25. The minimum absolute atomic E-state index is 0.0176. The van der Waals surface area contributed by atoms with Gasteiger partial charge in [0.05, 0.1) is 16.9 Å². The number of halogens is 2. The maximum atomic E-state index is 13.9. The van der Waals surface area contributed by atoms with Crippen LogP contribution in [0.2, 0.25) is 5.02 Å². The van der Waals surface area contributed by atoms with Crippen LogP contribution < -0.4 is 0 Å². The van der Waals surface area contributed by atoms with Crippen LogP contribution in [0.25, 0.3) is 5.69 Å². The van der Waals surface area contributed by atoms with Crippen LogP contribution in [0.1, 0.15) is 12.5 Å². The van der Waals surface area contributed by atoms with E-state index in [-0.39, 0.29) is 10.0 Å². The molecule has 1 heterocycles. The Labute approximate surface area is 114 Å². The molecule has 0 aliphatic heterocycles. The van der Waals surface area contributed by atoms with Crippen molar-refractivity contribution in [2.24, 2.45) is 0 Å². The highest BCUT2D eigenvalue weighted by Gasteiger charge is 2.17. The van der Waals surface area contributed by atoms with E-state index in [0.29, 0.717) is 17.7 Å². The molecule has 2 aromatic rings. The van der Waals surface area contributed by atoms with Gasteiger partial charge in [-0.05, 0) is 18.6 Å². The Kier molecular flexibility index (Phi) is 3.60. The third-order valence-electron chi connectivity index (χ3n) is 2.62. The van der Waals surface area contributed by atoms with E-state index in [9.17, 15) is 12.8 Å². The number of nitrogens with zero attached hydrogens (tertiary/aromatic N) is 3. The Balaban J connectivity index is 2.60. The largest absolute Gasteiger partial charge is 0.222 e. The van der Waals surface area contributed by atoms with E-state index in [0.717, 1.165) is 6.26 Å². The number of hydrogen-bond acceptors (Lipinski definition) is 4. The topological polar surface area (TPSA) is 64.8 Å². The zero-order chi connectivity index (χ0) is 14.2. The number of aromatic nitrogens is 3. The van der Waals surface area contributed by atoms with E-state index < -0.39 is 15.7 Å². The Hall–Kier alpha value is -1.47. The van der Waals surface area contributed by atoms with Crippen LogP contribution in [0, 0.1) is 5.82 Å². The molecule has 0 saturated heterocycles. The summed E-state index contributed by atoms with van der Waals surface area (Å²) < 4.78 is 37.8. The third kappa shape index (κ3) is 2.62. The van der Waals surface area contributed by atoms with Crippen molar-refractivity contribution >= 4 is 21.4 Å². The Morgan fingerprint density at radius 1 is 1.42 bits per heavy atom. The molecule has 0 aliphatic rings. The molecule has 1 aromatic heterocycles. The first-order chi connectivity index (χ1) is 8.84. The van der Waals surface area contributed by atoms with Gasteiger partial charge in [0.2, 0.25) is 0 Å². The summed E-state index contributed by atoms with van der Waals surface area (Å²) in [6.07, 6.45) is 2.68. The maximum absolute atomic E-state index is 13.9. The molecule has 5 nitrogen and oxygen atoms in total. The number of rotatable bonds is 3. The van der Waals surface area contributed by atoms with E-state index in [2.05, 4.69) is 10.3 Å². The molecule has 0 aliphatic carbocycles. The number of benzene rings is 1. The number of hydrogen-bond donors (Lipinski definition) is 0. The Morgan fingerprint density at radius 2 is 2.11 bits per heavy atom. The van der Waals surface area contributed by atoms with E-state index in [4.69, 9.17) is 11.6 Å². The van der Waals surface area contributed by atoms with Crippen LogP contribution in [-0.2, 0) is 16.3 Å². The molecule has 0 saturated carbocycles. The number of sulfone groups is 1. The summed E-state index contributed by atoms with van der Waals surface area (Å²) in [5, 5.41) is 7.13. The van der Waals surface area contributed by atoms with Crippen molar-refractivity contribution in [1.82, 2.24) is 15.0 Å². The van der Waals surface area contributed by atoms with E-state index in [1.807, 2.05) is 0 Å². The molecule has 0 fully saturated rings. The standard InChI is InChI=1S/C11H11ClFN3O2S/c1-3-7-9(5-4-8(12)11(7)13)16-6-10(14-15-16)19(2,17)18/h4-6H,3H2,1-2H3. The Bertz CT molecular complexity index is 728. The van der Waals surface area contributed by atoms with Crippen LogP contribution in [0.5, 0.6) is 0 Å². The summed E-state index contributed by atoms with van der Waals surface area (Å²) >= 11 is 5.71. The van der Waals surface area contributed by atoms with Crippen molar-refractivity contribution in [3.63, 3.8) is 0 Å². The molecule has 1 aromatic carbocycles. The lowest BCUT2D eigenvalue weighted by atomic mass is 10.1. The van der Waals surface area contributed by atoms with Gasteiger partial charge in [-0.1, -0.05) is 23.7 Å². The van der Waals surface area contributed by atoms with E-state index in [1.54, 1.807) is 13.0 Å². The smallest absolute Gasteiger partial charge is 0.197 e. The quantitative estimate of drug-likeness (QED) is 0.870. The molecule has 8 heteroatoms. The summed E-state index contributed by atoms with van der Waals surface area (Å²) in [6, 6.07) is 2.97. The van der Waals surface area contributed by atoms with Crippen molar-refractivity contribution in [2.45, 2.75) is 18.4 Å². The van der Waals surface area contributed by atoms with Crippen LogP contribution in [-0.4, -0.2) is 29.7 Å². The van der Waals surface area contributed by atoms with Crippen molar-refractivity contribution < 1.29 is 12.8 Å². The van der Waals surface area contributed by atoms with Gasteiger partial charge in [-0.15, -0.1) is 5.10 Å². The lowest BCUT2D eigenvalue weighted by Crippen LogP contribution is -2.03. The fourth-order valence-corrected chi connectivity index (χ4v) is 2.32. The highest BCUT2D eigenvalue weighted by atomic mass is 35.5. The second-order valence-corrected chi connectivity index (χ2v) is 6.36. The van der Waals surface area contributed by atoms with Crippen LogP contribution in [0.4, 0.5) is 4.39 Å². The average molecular weight is 304 g/mol. The Morgan fingerprint density at radius 3 is 2.63 bits per heavy atom. The molecule has 0 bridgehead atoms. The predicted molar refractivity (Wildman–Crippen MR) is 68.8 cm³/mol. The summed E-state index contributed by atoms with van der Waals surface area (Å²) in [7, 11) is -3.44. The van der Waals surface area contributed by atoms with E-state index >= 15 is 0 Å². The molecular weight excluding hydrogens is 293 g/mol. The van der Waals surface area contributed by atoms with Crippen molar-refractivity contribution in [1.29, 1.82) is 0 Å². The van der Waals surface area contributed by atoms with Gasteiger partial charge >= 0.3 is 0 Å². The molecule has 0 spiro atoms. The van der Waals surface area contributed by atoms with Gasteiger partial charge in [0.1, 0.15) is 5.82 Å². The van der Waals surface area contributed by atoms with Crippen LogP contribution >= 0.6 is 11.6 Å². The van der Waals surface area contributed by atoms with Crippen molar-refractivity contribution in [3.8, 4) is 5.69 Å². The molecule has 102 valence electrons. The molecule has 0 atom stereocenters. The second kappa shape index (κ2) is 4.90. The molecule has 0 amide bonds. The average Bonchev–Trinajstić information content (AvgIpc) is 2.81.